The van der Waals surface area contributed by atoms with Crippen LogP contribution in [0.1, 0.15) is 11.1 Å². The third kappa shape index (κ3) is 3.11. The van der Waals surface area contributed by atoms with E-state index in [1.165, 1.54) is 12.1 Å². The molecule has 106 valence electrons. The van der Waals surface area contributed by atoms with E-state index >= 15 is 0 Å². The number of hydrogen-bond donors (Lipinski definition) is 1. The molecule has 20 heavy (non-hydrogen) atoms. The van der Waals surface area contributed by atoms with Gasteiger partial charge in [-0.2, -0.15) is 0 Å². The molecule has 3 nitrogen and oxygen atoms in total. The smallest absolute Gasteiger partial charge is 0.261 e. The Morgan fingerprint density at radius 1 is 1.05 bits per heavy atom. The monoisotopic (exact) mass is 313 g/mol. The van der Waals surface area contributed by atoms with Gasteiger partial charge in [0.1, 0.15) is 5.82 Å². The highest BCUT2D eigenvalue weighted by Gasteiger charge is 2.16. The maximum absolute atomic E-state index is 12.9. The Morgan fingerprint density at radius 2 is 1.75 bits per heavy atom. The number of hydrogen-bond acceptors (Lipinski definition) is 2. The minimum Gasteiger partial charge on any atom is -0.278 e. The van der Waals surface area contributed by atoms with Crippen molar-refractivity contribution >= 4 is 27.3 Å². The van der Waals surface area contributed by atoms with E-state index in [2.05, 4.69) is 4.72 Å². The molecule has 0 amide bonds. The van der Waals surface area contributed by atoms with Gasteiger partial charge in [0.15, 0.2) is 0 Å². The topological polar surface area (TPSA) is 46.2 Å². The van der Waals surface area contributed by atoms with Gasteiger partial charge in [-0.3, -0.25) is 4.72 Å². The van der Waals surface area contributed by atoms with Crippen LogP contribution in [0.25, 0.3) is 0 Å². The minimum atomic E-state index is -3.74. The number of nitrogens with one attached hydrogen (secondary N) is 1. The van der Waals surface area contributed by atoms with Gasteiger partial charge in [0, 0.05) is 0 Å². The Bertz CT molecular complexity index is 760. The van der Waals surface area contributed by atoms with Gasteiger partial charge in [0.05, 0.1) is 15.6 Å². The number of anilines is 1. The van der Waals surface area contributed by atoms with Crippen LogP contribution < -0.4 is 4.72 Å². The average molecular weight is 314 g/mol. The van der Waals surface area contributed by atoms with Crippen molar-refractivity contribution in [2.24, 2.45) is 0 Å². The van der Waals surface area contributed by atoms with Crippen LogP contribution in [-0.2, 0) is 10.0 Å². The quantitative estimate of drug-likeness (QED) is 0.934. The molecule has 0 heterocycles. The molecule has 0 aliphatic heterocycles. The summed E-state index contributed by atoms with van der Waals surface area (Å²) >= 11 is 5.81. The van der Waals surface area contributed by atoms with E-state index in [1.54, 1.807) is 12.1 Å². The summed E-state index contributed by atoms with van der Waals surface area (Å²) in [5.74, 6) is -0.524. The summed E-state index contributed by atoms with van der Waals surface area (Å²) in [6.07, 6.45) is 0. The maximum atomic E-state index is 12.9. The molecule has 2 rings (SSSR count). The highest BCUT2D eigenvalue weighted by Crippen LogP contribution is 2.25. The van der Waals surface area contributed by atoms with Gasteiger partial charge in [-0.15, -0.1) is 0 Å². The van der Waals surface area contributed by atoms with Crippen molar-refractivity contribution in [3.05, 3.63) is 58.4 Å². The van der Waals surface area contributed by atoms with E-state index in [-0.39, 0.29) is 15.6 Å². The van der Waals surface area contributed by atoms with Crippen molar-refractivity contribution in [3.63, 3.8) is 0 Å². The zero-order valence-corrected chi connectivity index (χ0v) is 12.5. The van der Waals surface area contributed by atoms with E-state index in [1.807, 2.05) is 13.8 Å². The number of sulfonamides is 1. The predicted octanol–water partition coefficient (Wildman–Crippen LogP) is 3.90. The van der Waals surface area contributed by atoms with Gasteiger partial charge in [0.2, 0.25) is 0 Å². The fraction of sp³-hybridized carbons (Fsp3) is 0.143. The van der Waals surface area contributed by atoms with Crippen LogP contribution in [0.3, 0.4) is 0 Å². The summed E-state index contributed by atoms with van der Waals surface area (Å²) in [6, 6.07) is 8.31. The molecule has 1 N–H and O–H groups in total. The summed E-state index contributed by atoms with van der Waals surface area (Å²) in [7, 11) is -3.74. The zero-order valence-electron chi connectivity index (χ0n) is 10.9. The Balaban J connectivity index is 2.38. The highest BCUT2D eigenvalue weighted by atomic mass is 35.5. The Morgan fingerprint density at radius 3 is 2.35 bits per heavy atom. The molecule has 0 atom stereocenters. The van der Waals surface area contributed by atoms with Crippen molar-refractivity contribution in [2.45, 2.75) is 18.7 Å². The highest BCUT2D eigenvalue weighted by molar-refractivity contribution is 7.92. The molecular formula is C14H13ClFNO2S. The third-order valence-corrected chi connectivity index (χ3v) is 4.64. The van der Waals surface area contributed by atoms with E-state index in [0.717, 1.165) is 23.3 Å². The van der Waals surface area contributed by atoms with Crippen molar-refractivity contribution < 1.29 is 12.8 Å². The van der Waals surface area contributed by atoms with Crippen LogP contribution in [0.4, 0.5) is 10.1 Å². The van der Waals surface area contributed by atoms with Crippen LogP contribution in [0.15, 0.2) is 41.3 Å². The standard InChI is InChI=1S/C14H13ClFNO2S/c1-9-3-5-12(7-10(9)2)20(18,19)17-14-6-4-11(16)8-13(14)15/h3-8,17H,1-2H3. The molecule has 2 aromatic carbocycles. The second kappa shape index (κ2) is 5.42. The van der Waals surface area contributed by atoms with Crippen LogP contribution in [0.5, 0.6) is 0 Å². The fourth-order valence-corrected chi connectivity index (χ4v) is 3.09. The summed E-state index contributed by atoms with van der Waals surface area (Å²) in [5.41, 5.74) is 2.02. The third-order valence-electron chi connectivity index (χ3n) is 2.96. The van der Waals surface area contributed by atoms with Gasteiger partial charge >= 0.3 is 0 Å². The number of halogens is 2. The second-order valence-corrected chi connectivity index (χ2v) is 6.57. The fourth-order valence-electron chi connectivity index (χ4n) is 1.66. The van der Waals surface area contributed by atoms with Gasteiger partial charge in [-0.1, -0.05) is 17.7 Å². The van der Waals surface area contributed by atoms with Crippen LogP contribution in [0.2, 0.25) is 5.02 Å². The lowest BCUT2D eigenvalue weighted by molar-refractivity contribution is 0.601. The molecule has 0 saturated carbocycles. The first-order chi connectivity index (χ1) is 9.29. The molecular weight excluding hydrogens is 301 g/mol. The first kappa shape index (κ1) is 14.8. The summed E-state index contributed by atoms with van der Waals surface area (Å²) in [5, 5.41) is 0.0115. The maximum Gasteiger partial charge on any atom is 0.261 e. The molecule has 0 spiro atoms. The molecule has 0 aliphatic rings. The lowest BCUT2D eigenvalue weighted by atomic mass is 10.1. The summed E-state index contributed by atoms with van der Waals surface area (Å²) in [4.78, 5) is 0.140. The first-order valence-electron chi connectivity index (χ1n) is 5.85. The molecule has 0 radical (unpaired) electrons. The van der Waals surface area contributed by atoms with E-state index in [0.29, 0.717) is 0 Å². The van der Waals surface area contributed by atoms with Gasteiger partial charge in [-0.25, -0.2) is 12.8 Å². The summed E-state index contributed by atoms with van der Waals surface area (Å²) in [6.45, 7) is 3.73. The van der Waals surface area contributed by atoms with Crippen LogP contribution in [0, 0.1) is 19.7 Å². The van der Waals surface area contributed by atoms with Crippen molar-refractivity contribution in [1.29, 1.82) is 0 Å². The van der Waals surface area contributed by atoms with Crippen molar-refractivity contribution in [2.75, 3.05) is 4.72 Å². The van der Waals surface area contributed by atoms with Crippen molar-refractivity contribution in [3.8, 4) is 0 Å². The Labute approximate surface area is 122 Å². The zero-order chi connectivity index (χ0) is 14.9. The lowest BCUT2D eigenvalue weighted by Gasteiger charge is -2.11. The van der Waals surface area contributed by atoms with Crippen molar-refractivity contribution in [1.82, 2.24) is 0 Å². The summed E-state index contributed by atoms with van der Waals surface area (Å²) < 4.78 is 39.8. The molecule has 2 aromatic rings. The molecule has 0 saturated heterocycles. The van der Waals surface area contributed by atoms with E-state index < -0.39 is 15.8 Å². The van der Waals surface area contributed by atoms with Crippen LogP contribution in [-0.4, -0.2) is 8.42 Å². The minimum absolute atomic E-state index is 0.0115. The number of benzene rings is 2. The average Bonchev–Trinajstić information content (AvgIpc) is 2.36. The van der Waals surface area contributed by atoms with Gasteiger partial charge in [-0.05, 0) is 55.3 Å². The van der Waals surface area contributed by atoms with E-state index in [9.17, 15) is 12.8 Å². The van der Waals surface area contributed by atoms with Gasteiger partial charge in [0.25, 0.3) is 10.0 Å². The molecule has 0 aliphatic carbocycles. The predicted molar refractivity (Wildman–Crippen MR) is 78.1 cm³/mol. The Kier molecular flexibility index (Phi) is 4.01. The normalized spacial score (nSPS) is 11.4. The number of rotatable bonds is 3. The largest absolute Gasteiger partial charge is 0.278 e. The SMILES string of the molecule is Cc1ccc(S(=O)(=O)Nc2ccc(F)cc2Cl)cc1C. The molecule has 0 aromatic heterocycles. The lowest BCUT2D eigenvalue weighted by Crippen LogP contribution is -2.13. The van der Waals surface area contributed by atoms with Crippen LogP contribution >= 0.6 is 11.6 Å². The number of aryl methyl sites for hydroxylation is 2. The molecule has 0 bridgehead atoms. The molecule has 6 heteroatoms. The Hall–Kier alpha value is -1.59. The van der Waals surface area contributed by atoms with Gasteiger partial charge < -0.3 is 0 Å². The molecule has 0 fully saturated rings. The first-order valence-corrected chi connectivity index (χ1v) is 7.71. The second-order valence-electron chi connectivity index (χ2n) is 4.48. The van der Waals surface area contributed by atoms with E-state index in [4.69, 9.17) is 11.6 Å². The molecule has 0 unspecified atom stereocenters.